The molecule has 0 heterocycles. The molecule has 0 bridgehead atoms. The molecule has 0 saturated heterocycles. The van der Waals surface area contributed by atoms with Crippen LogP contribution in [0.25, 0.3) is 0 Å². The Labute approximate surface area is 133 Å². The van der Waals surface area contributed by atoms with Gasteiger partial charge in [-0.2, -0.15) is 0 Å². The molecule has 21 heavy (non-hydrogen) atoms. The van der Waals surface area contributed by atoms with Gasteiger partial charge < -0.3 is 15.6 Å². The predicted octanol–water partition coefficient (Wildman–Crippen LogP) is 3.89. The highest BCUT2D eigenvalue weighted by Gasteiger charge is 2.20. The summed E-state index contributed by atoms with van der Waals surface area (Å²) in [6.45, 7) is 7.55. The molecular weight excluding hydrogens is 286 g/mol. The van der Waals surface area contributed by atoms with Gasteiger partial charge in [-0.1, -0.05) is 25.4 Å². The van der Waals surface area contributed by atoms with Gasteiger partial charge in [0.05, 0.1) is 6.61 Å². The van der Waals surface area contributed by atoms with Crippen molar-refractivity contribution in [1.82, 2.24) is 0 Å². The van der Waals surface area contributed by atoms with Crippen LogP contribution in [0.3, 0.4) is 0 Å². The van der Waals surface area contributed by atoms with Crippen molar-refractivity contribution >= 4 is 11.6 Å². The molecule has 3 N–H and O–H groups in total. The van der Waals surface area contributed by atoms with Gasteiger partial charge in [0.2, 0.25) is 0 Å². The van der Waals surface area contributed by atoms with Crippen molar-refractivity contribution in [3.05, 3.63) is 28.3 Å². The Kier molecular flexibility index (Phi) is 8.09. The average molecular weight is 314 g/mol. The zero-order valence-electron chi connectivity index (χ0n) is 13.4. The van der Waals surface area contributed by atoms with Crippen LogP contribution in [0.2, 0.25) is 5.02 Å². The van der Waals surface area contributed by atoms with E-state index in [0.29, 0.717) is 19.1 Å². The van der Waals surface area contributed by atoms with Gasteiger partial charge in [0.25, 0.3) is 0 Å². The Hall–Kier alpha value is -0.770. The number of benzene rings is 1. The molecule has 0 aliphatic carbocycles. The maximum atomic E-state index is 9.39. The Balaban J connectivity index is 3.07. The summed E-state index contributed by atoms with van der Waals surface area (Å²) in [5.41, 5.74) is 7.88. The summed E-state index contributed by atoms with van der Waals surface area (Å²) < 4.78 is 5.90. The molecule has 0 aromatic heterocycles. The second-order valence-electron chi connectivity index (χ2n) is 5.61. The topological polar surface area (TPSA) is 55.5 Å². The van der Waals surface area contributed by atoms with E-state index in [1.807, 2.05) is 19.1 Å². The largest absolute Gasteiger partial charge is 0.493 e. The van der Waals surface area contributed by atoms with Crippen LogP contribution >= 0.6 is 11.6 Å². The molecule has 0 spiro atoms. The van der Waals surface area contributed by atoms with Crippen molar-refractivity contribution < 1.29 is 9.84 Å². The number of ether oxygens (including phenoxy) is 1. The van der Waals surface area contributed by atoms with E-state index in [1.54, 1.807) is 0 Å². The van der Waals surface area contributed by atoms with E-state index in [4.69, 9.17) is 22.1 Å². The minimum absolute atomic E-state index is 0.119. The molecule has 3 nitrogen and oxygen atoms in total. The van der Waals surface area contributed by atoms with Crippen molar-refractivity contribution in [3.63, 3.8) is 0 Å². The lowest BCUT2D eigenvalue weighted by Gasteiger charge is -2.23. The van der Waals surface area contributed by atoms with Gasteiger partial charge in [-0.15, -0.1) is 0 Å². The lowest BCUT2D eigenvalue weighted by molar-refractivity contribution is 0.213. The van der Waals surface area contributed by atoms with Gasteiger partial charge in [0.15, 0.2) is 0 Å². The van der Waals surface area contributed by atoms with E-state index < -0.39 is 0 Å². The number of aryl methyl sites for hydroxylation is 1. The summed E-state index contributed by atoms with van der Waals surface area (Å²) in [5, 5.41) is 10.2. The molecule has 1 aromatic rings. The Morgan fingerprint density at radius 1 is 1.33 bits per heavy atom. The highest BCUT2D eigenvalue weighted by Crippen LogP contribution is 2.37. The highest BCUT2D eigenvalue weighted by atomic mass is 35.5. The van der Waals surface area contributed by atoms with E-state index in [-0.39, 0.29) is 12.5 Å². The van der Waals surface area contributed by atoms with Gasteiger partial charge in [-0.25, -0.2) is 0 Å². The quantitative estimate of drug-likeness (QED) is 0.727. The number of rotatable bonds is 9. The fourth-order valence-corrected chi connectivity index (χ4v) is 2.66. The number of hydrogen-bond acceptors (Lipinski definition) is 3. The average Bonchev–Trinajstić information content (AvgIpc) is 2.49. The van der Waals surface area contributed by atoms with Gasteiger partial charge in [-0.05, 0) is 67.8 Å². The first-order valence-corrected chi connectivity index (χ1v) is 8.18. The summed E-state index contributed by atoms with van der Waals surface area (Å²) in [6, 6.07) is 4.04. The fourth-order valence-electron chi connectivity index (χ4n) is 2.49. The molecule has 0 saturated carbocycles. The van der Waals surface area contributed by atoms with Crippen LogP contribution in [-0.2, 0) is 0 Å². The van der Waals surface area contributed by atoms with E-state index in [0.717, 1.165) is 41.2 Å². The van der Waals surface area contributed by atoms with E-state index in [9.17, 15) is 5.11 Å². The minimum atomic E-state index is 0.119. The third-order valence-corrected chi connectivity index (χ3v) is 4.30. The molecule has 0 amide bonds. The lowest BCUT2D eigenvalue weighted by atomic mass is 9.86. The van der Waals surface area contributed by atoms with E-state index in [1.165, 1.54) is 0 Å². The molecule has 2 atom stereocenters. The molecule has 0 fully saturated rings. The van der Waals surface area contributed by atoms with Crippen molar-refractivity contribution in [2.45, 2.75) is 46.0 Å². The van der Waals surface area contributed by atoms with E-state index in [2.05, 4.69) is 13.8 Å². The summed E-state index contributed by atoms with van der Waals surface area (Å²) in [5.74, 6) is 1.34. The zero-order valence-corrected chi connectivity index (χ0v) is 14.1. The van der Waals surface area contributed by atoms with Crippen LogP contribution < -0.4 is 10.5 Å². The summed E-state index contributed by atoms with van der Waals surface area (Å²) >= 11 is 6.30. The van der Waals surface area contributed by atoms with Crippen molar-refractivity contribution in [2.24, 2.45) is 11.7 Å². The molecule has 1 aromatic carbocycles. The first-order valence-electron chi connectivity index (χ1n) is 7.81. The maximum Gasteiger partial charge on any atom is 0.123 e. The normalized spacial score (nSPS) is 14.0. The maximum absolute atomic E-state index is 9.39. The predicted molar refractivity (Wildman–Crippen MR) is 89.3 cm³/mol. The standard InChI is InChI=1S/C17H28ClNO2/c1-4-6-21-17-7-12(3)16(18)9-15(17)14(5-2)8-13(10-19)11-20/h7,9,13-14,20H,4-6,8,10-11,19H2,1-3H3. The molecule has 1 rings (SSSR count). The number of halogens is 1. The first kappa shape index (κ1) is 18.3. The third-order valence-electron chi connectivity index (χ3n) is 3.89. The monoisotopic (exact) mass is 313 g/mol. The fraction of sp³-hybridized carbons (Fsp3) is 0.647. The molecule has 4 heteroatoms. The number of aliphatic hydroxyl groups is 1. The molecule has 120 valence electrons. The van der Waals surface area contributed by atoms with Crippen LogP contribution in [-0.4, -0.2) is 24.9 Å². The second kappa shape index (κ2) is 9.29. The van der Waals surface area contributed by atoms with Gasteiger partial charge in [0, 0.05) is 11.6 Å². The van der Waals surface area contributed by atoms with Crippen molar-refractivity contribution in [1.29, 1.82) is 0 Å². The first-order chi connectivity index (χ1) is 10.1. The Morgan fingerprint density at radius 2 is 2.05 bits per heavy atom. The van der Waals surface area contributed by atoms with Crippen molar-refractivity contribution in [2.75, 3.05) is 19.8 Å². The SMILES string of the molecule is CCCOc1cc(C)c(Cl)cc1C(CC)CC(CN)CO. The molecule has 0 aliphatic heterocycles. The zero-order chi connectivity index (χ0) is 15.8. The summed E-state index contributed by atoms with van der Waals surface area (Å²) in [6.07, 6.45) is 2.80. The van der Waals surface area contributed by atoms with Crippen LogP contribution in [0.15, 0.2) is 12.1 Å². The van der Waals surface area contributed by atoms with Crippen LogP contribution in [0, 0.1) is 12.8 Å². The second-order valence-corrected chi connectivity index (χ2v) is 6.02. The Morgan fingerprint density at radius 3 is 2.57 bits per heavy atom. The van der Waals surface area contributed by atoms with Crippen LogP contribution in [0.5, 0.6) is 5.75 Å². The van der Waals surface area contributed by atoms with Crippen LogP contribution in [0.1, 0.15) is 50.2 Å². The number of aliphatic hydroxyl groups excluding tert-OH is 1. The third kappa shape index (κ3) is 5.17. The number of hydrogen-bond donors (Lipinski definition) is 2. The highest BCUT2D eigenvalue weighted by molar-refractivity contribution is 6.31. The number of nitrogens with two attached hydrogens (primary N) is 1. The van der Waals surface area contributed by atoms with Crippen LogP contribution in [0.4, 0.5) is 0 Å². The van der Waals surface area contributed by atoms with Gasteiger partial charge in [0.1, 0.15) is 5.75 Å². The smallest absolute Gasteiger partial charge is 0.123 e. The van der Waals surface area contributed by atoms with Crippen molar-refractivity contribution in [3.8, 4) is 5.75 Å². The summed E-state index contributed by atoms with van der Waals surface area (Å²) in [7, 11) is 0. The molecule has 0 aliphatic rings. The minimum Gasteiger partial charge on any atom is -0.493 e. The lowest BCUT2D eigenvalue weighted by Crippen LogP contribution is -2.21. The molecule has 0 radical (unpaired) electrons. The Bertz CT molecular complexity index is 433. The summed E-state index contributed by atoms with van der Waals surface area (Å²) in [4.78, 5) is 0. The molecule has 2 unspecified atom stereocenters. The van der Waals surface area contributed by atoms with Gasteiger partial charge >= 0.3 is 0 Å². The molecular formula is C17H28ClNO2. The van der Waals surface area contributed by atoms with Gasteiger partial charge in [-0.3, -0.25) is 0 Å². The van der Waals surface area contributed by atoms with E-state index >= 15 is 0 Å².